The molecule has 0 heterocycles. The Hall–Kier alpha value is -2.54. The summed E-state index contributed by atoms with van der Waals surface area (Å²) < 4.78 is 45.6. The highest BCUT2D eigenvalue weighted by atomic mass is 19.2. The summed E-state index contributed by atoms with van der Waals surface area (Å²) in [6, 6.07) is 9.42. The minimum atomic E-state index is -1.61. The summed E-state index contributed by atoms with van der Waals surface area (Å²) >= 11 is 0. The molecule has 27 heavy (non-hydrogen) atoms. The van der Waals surface area contributed by atoms with Gasteiger partial charge in [-0.15, -0.1) is 0 Å². The number of ether oxygens (including phenoxy) is 1. The molecule has 0 aliphatic carbocycles. The van der Waals surface area contributed by atoms with E-state index in [0.717, 1.165) is 29.9 Å². The van der Waals surface area contributed by atoms with E-state index in [2.05, 4.69) is 5.32 Å². The Labute approximate surface area is 156 Å². The van der Waals surface area contributed by atoms with E-state index in [1.807, 2.05) is 43.0 Å². The highest BCUT2D eigenvalue weighted by Gasteiger charge is 2.16. The fraction of sp³-hybridized carbons (Fsp3) is 0.350. The lowest BCUT2D eigenvalue weighted by Gasteiger charge is -2.21. The van der Waals surface area contributed by atoms with Crippen molar-refractivity contribution in [3.05, 3.63) is 59.4 Å². The van der Waals surface area contributed by atoms with Gasteiger partial charge < -0.3 is 10.1 Å². The predicted octanol–water partition coefficient (Wildman–Crippen LogP) is 4.14. The monoisotopic (exact) mass is 380 g/mol. The van der Waals surface area contributed by atoms with Gasteiger partial charge in [-0.1, -0.05) is 19.1 Å². The van der Waals surface area contributed by atoms with E-state index in [9.17, 15) is 18.0 Å². The molecule has 0 aliphatic rings. The van der Waals surface area contributed by atoms with Crippen LogP contribution in [0.3, 0.4) is 0 Å². The summed E-state index contributed by atoms with van der Waals surface area (Å²) in [5.41, 5.74) is 0.706. The molecular formula is C20H23F3N2O2. The van der Waals surface area contributed by atoms with E-state index in [4.69, 9.17) is 4.74 Å². The van der Waals surface area contributed by atoms with Crippen LogP contribution in [0.25, 0.3) is 0 Å². The first-order valence-corrected chi connectivity index (χ1v) is 8.76. The second-order valence-corrected chi connectivity index (χ2v) is 6.21. The maximum Gasteiger partial charge on any atom is 0.238 e. The number of nitrogens with zero attached hydrogens (tertiary/aromatic N) is 1. The number of carbonyl (C=O) groups is 1. The summed E-state index contributed by atoms with van der Waals surface area (Å²) in [7, 11) is 0. The molecule has 146 valence electrons. The Morgan fingerprint density at radius 2 is 1.89 bits per heavy atom. The number of benzene rings is 2. The molecule has 0 bridgehead atoms. The van der Waals surface area contributed by atoms with E-state index >= 15 is 0 Å². The van der Waals surface area contributed by atoms with Crippen LogP contribution in [0.15, 0.2) is 36.4 Å². The average Bonchev–Trinajstić information content (AvgIpc) is 2.62. The van der Waals surface area contributed by atoms with Gasteiger partial charge in [0.15, 0.2) is 17.5 Å². The van der Waals surface area contributed by atoms with Crippen LogP contribution in [0.5, 0.6) is 5.75 Å². The Kier molecular flexibility index (Phi) is 7.67. The zero-order valence-electron chi connectivity index (χ0n) is 15.4. The van der Waals surface area contributed by atoms with Crippen molar-refractivity contribution in [3.8, 4) is 5.75 Å². The van der Waals surface area contributed by atoms with Crippen LogP contribution in [0.4, 0.5) is 18.9 Å². The fourth-order valence-corrected chi connectivity index (χ4v) is 2.60. The van der Waals surface area contributed by atoms with Gasteiger partial charge in [-0.3, -0.25) is 9.69 Å². The van der Waals surface area contributed by atoms with Gasteiger partial charge in [0.2, 0.25) is 5.91 Å². The molecule has 2 rings (SSSR count). The van der Waals surface area contributed by atoms with Gasteiger partial charge in [0.25, 0.3) is 0 Å². The van der Waals surface area contributed by atoms with E-state index < -0.39 is 23.4 Å². The van der Waals surface area contributed by atoms with Gasteiger partial charge in [0, 0.05) is 6.54 Å². The van der Waals surface area contributed by atoms with Gasteiger partial charge in [-0.2, -0.15) is 0 Å². The van der Waals surface area contributed by atoms with Crippen molar-refractivity contribution >= 4 is 11.6 Å². The van der Waals surface area contributed by atoms with Gasteiger partial charge in [-0.05, 0) is 49.7 Å². The summed E-state index contributed by atoms with van der Waals surface area (Å²) in [6.45, 7) is 5.46. The molecule has 0 unspecified atom stereocenters. The van der Waals surface area contributed by atoms with Gasteiger partial charge in [0.1, 0.15) is 12.4 Å². The number of anilines is 1. The highest BCUT2D eigenvalue weighted by molar-refractivity contribution is 5.92. The molecule has 7 heteroatoms. The van der Waals surface area contributed by atoms with Crippen molar-refractivity contribution in [2.75, 3.05) is 31.6 Å². The van der Waals surface area contributed by atoms with Crippen molar-refractivity contribution < 1.29 is 22.7 Å². The SMILES string of the molecule is CCCN(CCOc1cccc(C)c1)CC(=O)Nc1ccc(F)c(F)c1F. The molecule has 1 amide bonds. The zero-order chi connectivity index (χ0) is 19.8. The molecule has 0 radical (unpaired) electrons. The van der Waals surface area contributed by atoms with Crippen LogP contribution in [0, 0.1) is 24.4 Å². The largest absolute Gasteiger partial charge is 0.492 e. The van der Waals surface area contributed by atoms with Crippen molar-refractivity contribution in [1.29, 1.82) is 0 Å². The first kappa shape index (κ1) is 20.8. The van der Waals surface area contributed by atoms with Gasteiger partial charge in [0.05, 0.1) is 12.2 Å². The average molecular weight is 380 g/mol. The molecule has 0 atom stereocenters. The van der Waals surface area contributed by atoms with E-state index in [1.54, 1.807) is 0 Å². The molecule has 0 saturated carbocycles. The molecule has 0 fully saturated rings. The van der Waals surface area contributed by atoms with Crippen LogP contribution < -0.4 is 10.1 Å². The van der Waals surface area contributed by atoms with Crippen LogP contribution in [-0.2, 0) is 4.79 Å². The summed E-state index contributed by atoms with van der Waals surface area (Å²) in [5, 5.41) is 2.28. The Balaban J connectivity index is 1.89. The Bertz CT molecular complexity index is 784. The maximum atomic E-state index is 13.7. The van der Waals surface area contributed by atoms with Crippen LogP contribution >= 0.6 is 0 Å². The van der Waals surface area contributed by atoms with Crippen LogP contribution in [-0.4, -0.2) is 37.0 Å². The van der Waals surface area contributed by atoms with Gasteiger partial charge in [-0.25, -0.2) is 13.2 Å². The van der Waals surface area contributed by atoms with Gasteiger partial charge >= 0.3 is 0 Å². The molecule has 4 nitrogen and oxygen atoms in total. The second kappa shape index (κ2) is 9.97. The Morgan fingerprint density at radius 1 is 1.11 bits per heavy atom. The van der Waals surface area contributed by atoms with Crippen LogP contribution in [0.2, 0.25) is 0 Å². The number of hydrogen-bond donors (Lipinski definition) is 1. The topological polar surface area (TPSA) is 41.6 Å². The van der Waals surface area contributed by atoms with Crippen molar-refractivity contribution in [1.82, 2.24) is 4.90 Å². The third-order valence-electron chi connectivity index (χ3n) is 3.88. The molecule has 0 saturated heterocycles. The number of aryl methyl sites for hydroxylation is 1. The first-order valence-electron chi connectivity index (χ1n) is 8.76. The van der Waals surface area contributed by atoms with Crippen molar-refractivity contribution in [3.63, 3.8) is 0 Å². The normalized spacial score (nSPS) is 10.9. The Morgan fingerprint density at radius 3 is 2.59 bits per heavy atom. The standard InChI is InChI=1S/C20H23F3N2O2/c1-3-9-25(10-11-27-15-6-4-5-14(2)12-15)13-18(26)24-17-8-7-16(21)19(22)20(17)23/h4-8,12H,3,9-11,13H2,1-2H3,(H,24,26). The quantitative estimate of drug-likeness (QED) is 0.665. The molecule has 0 aliphatic heterocycles. The summed E-state index contributed by atoms with van der Waals surface area (Å²) in [6.07, 6.45) is 0.817. The number of rotatable bonds is 9. The molecular weight excluding hydrogens is 357 g/mol. The summed E-state index contributed by atoms with van der Waals surface area (Å²) in [4.78, 5) is 14.0. The molecule has 0 aromatic heterocycles. The predicted molar refractivity (Wildman–Crippen MR) is 98.4 cm³/mol. The number of hydrogen-bond acceptors (Lipinski definition) is 3. The van der Waals surface area contributed by atoms with E-state index in [1.165, 1.54) is 0 Å². The van der Waals surface area contributed by atoms with E-state index in [-0.39, 0.29) is 12.2 Å². The number of nitrogens with one attached hydrogen (secondary N) is 1. The lowest BCUT2D eigenvalue weighted by atomic mass is 10.2. The van der Waals surface area contributed by atoms with Crippen LogP contribution in [0.1, 0.15) is 18.9 Å². The first-order chi connectivity index (χ1) is 12.9. The third-order valence-corrected chi connectivity index (χ3v) is 3.88. The molecule has 2 aromatic rings. The lowest BCUT2D eigenvalue weighted by molar-refractivity contribution is -0.117. The fourth-order valence-electron chi connectivity index (χ4n) is 2.60. The second-order valence-electron chi connectivity index (χ2n) is 6.21. The minimum Gasteiger partial charge on any atom is -0.492 e. The molecule has 2 aromatic carbocycles. The lowest BCUT2D eigenvalue weighted by Crippen LogP contribution is -2.36. The summed E-state index contributed by atoms with van der Waals surface area (Å²) in [5.74, 6) is -4.08. The molecule has 1 N–H and O–H groups in total. The van der Waals surface area contributed by atoms with Crippen molar-refractivity contribution in [2.45, 2.75) is 20.3 Å². The number of amides is 1. The zero-order valence-corrected chi connectivity index (χ0v) is 15.4. The van der Waals surface area contributed by atoms with Crippen molar-refractivity contribution in [2.24, 2.45) is 0 Å². The number of carbonyl (C=O) groups excluding carboxylic acids is 1. The smallest absolute Gasteiger partial charge is 0.238 e. The molecule has 0 spiro atoms. The third kappa shape index (κ3) is 6.29. The maximum absolute atomic E-state index is 13.7. The highest BCUT2D eigenvalue weighted by Crippen LogP contribution is 2.19. The minimum absolute atomic E-state index is 0.0105. The number of halogens is 3. The van der Waals surface area contributed by atoms with E-state index in [0.29, 0.717) is 19.7 Å².